The second-order valence-electron chi connectivity index (χ2n) is 6.29. The topological polar surface area (TPSA) is 64.4 Å². The SMILES string of the molecule is N[C@@H]1C[C@H](C(=O)NCc2cccc3c2OCC3)[C@H]2C[C@H]21. The molecule has 4 heteroatoms. The van der Waals surface area contributed by atoms with Crippen LogP contribution in [0.5, 0.6) is 5.75 Å². The van der Waals surface area contributed by atoms with Crippen LogP contribution in [-0.4, -0.2) is 18.6 Å². The Morgan fingerprint density at radius 3 is 3.00 bits per heavy atom. The maximum absolute atomic E-state index is 12.3. The van der Waals surface area contributed by atoms with Crippen LogP contribution in [0.1, 0.15) is 24.0 Å². The zero-order valence-corrected chi connectivity index (χ0v) is 11.5. The third-order valence-electron chi connectivity index (χ3n) is 5.07. The average molecular weight is 272 g/mol. The molecule has 0 aromatic heterocycles. The molecule has 0 spiro atoms. The molecule has 2 saturated carbocycles. The van der Waals surface area contributed by atoms with Crippen LogP contribution < -0.4 is 15.8 Å². The van der Waals surface area contributed by atoms with Gasteiger partial charge in [-0.1, -0.05) is 18.2 Å². The standard InChI is InChI=1S/C16H20N2O2/c17-14-7-13(11-6-12(11)14)16(19)18-8-10-3-1-2-9-4-5-20-15(9)10/h1-3,11-14H,4-8,17H2,(H,18,19)/t11-,12+,13-,14+/m0/s1. The molecule has 1 heterocycles. The minimum absolute atomic E-state index is 0.132. The van der Waals surface area contributed by atoms with E-state index >= 15 is 0 Å². The number of hydrogen-bond acceptors (Lipinski definition) is 3. The minimum atomic E-state index is 0.132. The number of carbonyl (C=O) groups excluding carboxylic acids is 1. The van der Waals surface area contributed by atoms with Crippen LogP contribution >= 0.6 is 0 Å². The monoisotopic (exact) mass is 272 g/mol. The first-order chi connectivity index (χ1) is 9.74. The van der Waals surface area contributed by atoms with Gasteiger partial charge in [-0.3, -0.25) is 4.79 Å². The summed E-state index contributed by atoms with van der Waals surface area (Å²) in [6.45, 7) is 1.31. The van der Waals surface area contributed by atoms with Crippen molar-refractivity contribution in [2.45, 2.75) is 31.8 Å². The number of para-hydroxylation sites is 1. The van der Waals surface area contributed by atoms with Crippen molar-refractivity contribution in [1.82, 2.24) is 5.32 Å². The largest absolute Gasteiger partial charge is 0.493 e. The van der Waals surface area contributed by atoms with E-state index in [2.05, 4.69) is 11.4 Å². The Hall–Kier alpha value is -1.55. The number of nitrogens with one attached hydrogen (secondary N) is 1. The van der Waals surface area contributed by atoms with Gasteiger partial charge in [0.1, 0.15) is 5.75 Å². The first-order valence-corrected chi connectivity index (χ1v) is 7.51. The summed E-state index contributed by atoms with van der Waals surface area (Å²) in [6, 6.07) is 6.40. The lowest BCUT2D eigenvalue weighted by Crippen LogP contribution is -2.32. The summed E-state index contributed by atoms with van der Waals surface area (Å²) in [5, 5.41) is 3.07. The Bertz CT molecular complexity index is 557. The Labute approximate surface area is 118 Å². The Morgan fingerprint density at radius 1 is 1.35 bits per heavy atom. The van der Waals surface area contributed by atoms with E-state index in [0.717, 1.165) is 37.2 Å². The van der Waals surface area contributed by atoms with Gasteiger partial charge in [0, 0.05) is 30.5 Å². The normalized spacial score (nSPS) is 33.2. The summed E-state index contributed by atoms with van der Waals surface area (Å²) in [6.07, 6.45) is 2.96. The molecule has 1 aromatic carbocycles. The van der Waals surface area contributed by atoms with E-state index in [1.807, 2.05) is 12.1 Å². The molecule has 0 saturated heterocycles. The van der Waals surface area contributed by atoms with Crippen molar-refractivity contribution >= 4 is 5.91 Å². The van der Waals surface area contributed by atoms with E-state index in [1.54, 1.807) is 0 Å². The van der Waals surface area contributed by atoms with Crippen LogP contribution in [0.4, 0.5) is 0 Å². The van der Waals surface area contributed by atoms with E-state index in [0.29, 0.717) is 18.4 Å². The molecule has 3 aliphatic rings. The Kier molecular flexibility index (Phi) is 2.74. The van der Waals surface area contributed by atoms with Crippen LogP contribution in [0.3, 0.4) is 0 Å². The van der Waals surface area contributed by atoms with Gasteiger partial charge < -0.3 is 15.8 Å². The second kappa shape index (κ2) is 4.48. The van der Waals surface area contributed by atoms with Crippen molar-refractivity contribution in [2.24, 2.45) is 23.5 Å². The number of fused-ring (bicyclic) bond motifs is 2. The van der Waals surface area contributed by atoms with Gasteiger partial charge >= 0.3 is 0 Å². The molecule has 1 aromatic rings. The highest BCUT2D eigenvalue weighted by atomic mass is 16.5. The maximum atomic E-state index is 12.3. The second-order valence-corrected chi connectivity index (χ2v) is 6.29. The van der Waals surface area contributed by atoms with Crippen LogP contribution in [0.15, 0.2) is 18.2 Å². The molecule has 0 radical (unpaired) electrons. The number of amides is 1. The molecule has 0 bridgehead atoms. The quantitative estimate of drug-likeness (QED) is 0.869. The van der Waals surface area contributed by atoms with Gasteiger partial charge in [0.15, 0.2) is 0 Å². The van der Waals surface area contributed by atoms with Crippen molar-refractivity contribution < 1.29 is 9.53 Å². The van der Waals surface area contributed by atoms with Crippen molar-refractivity contribution in [1.29, 1.82) is 0 Å². The first kappa shape index (κ1) is 12.2. The fourth-order valence-electron chi connectivity index (χ4n) is 3.87. The molecule has 1 aliphatic heterocycles. The highest BCUT2D eigenvalue weighted by Crippen LogP contribution is 2.54. The lowest BCUT2D eigenvalue weighted by molar-refractivity contribution is -0.125. The molecule has 4 atom stereocenters. The molecule has 2 fully saturated rings. The van der Waals surface area contributed by atoms with E-state index in [1.165, 1.54) is 5.56 Å². The fourth-order valence-corrected chi connectivity index (χ4v) is 3.87. The van der Waals surface area contributed by atoms with Gasteiger partial charge in [0.25, 0.3) is 0 Å². The van der Waals surface area contributed by atoms with Crippen molar-refractivity contribution in [3.63, 3.8) is 0 Å². The summed E-state index contributed by atoms with van der Waals surface area (Å²) in [4.78, 5) is 12.3. The molecule has 4 rings (SSSR count). The lowest BCUT2D eigenvalue weighted by atomic mass is 10.0. The third-order valence-corrected chi connectivity index (χ3v) is 5.07. The summed E-state index contributed by atoms with van der Waals surface area (Å²) in [7, 11) is 0. The molecular weight excluding hydrogens is 252 g/mol. The molecule has 3 N–H and O–H groups in total. The number of benzene rings is 1. The van der Waals surface area contributed by atoms with Crippen molar-refractivity contribution in [2.75, 3.05) is 6.61 Å². The number of hydrogen-bond donors (Lipinski definition) is 2. The van der Waals surface area contributed by atoms with Gasteiger partial charge in [0.2, 0.25) is 5.91 Å². The summed E-state index contributed by atoms with van der Waals surface area (Å²) >= 11 is 0. The van der Waals surface area contributed by atoms with Crippen LogP contribution in [0.25, 0.3) is 0 Å². The van der Waals surface area contributed by atoms with Crippen LogP contribution in [0.2, 0.25) is 0 Å². The predicted octanol–water partition coefficient (Wildman–Crippen LogP) is 1.22. The molecule has 2 aliphatic carbocycles. The molecular formula is C16H20N2O2. The maximum Gasteiger partial charge on any atom is 0.223 e. The van der Waals surface area contributed by atoms with E-state index in [9.17, 15) is 4.79 Å². The van der Waals surface area contributed by atoms with Gasteiger partial charge in [-0.15, -0.1) is 0 Å². The zero-order valence-electron chi connectivity index (χ0n) is 11.5. The molecule has 106 valence electrons. The third kappa shape index (κ3) is 1.90. The van der Waals surface area contributed by atoms with Crippen LogP contribution in [0, 0.1) is 17.8 Å². The van der Waals surface area contributed by atoms with Gasteiger partial charge in [0.05, 0.1) is 6.61 Å². The molecule has 4 nitrogen and oxygen atoms in total. The number of carbonyl (C=O) groups is 1. The smallest absolute Gasteiger partial charge is 0.223 e. The first-order valence-electron chi connectivity index (χ1n) is 7.51. The summed E-state index contributed by atoms with van der Waals surface area (Å²) < 4.78 is 5.66. The number of nitrogens with two attached hydrogens (primary N) is 1. The lowest BCUT2D eigenvalue weighted by Gasteiger charge is -2.15. The highest BCUT2D eigenvalue weighted by molar-refractivity contribution is 5.80. The number of ether oxygens (including phenoxy) is 1. The van der Waals surface area contributed by atoms with Gasteiger partial charge in [-0.05, 0) is 30.2 Å². The van der Waals surface area contributed by atoms with Crippen LogP contribution in [-0.2, 0) is 17.8 Å². The molecule has 1 amide bonds. The van der Waals surface area contributed by atoms with Gasteiger partial charge in [-0.25, -0.2) is 0 Å². The fraction of sp³-hybridized carbons (Fsp3) is 0.562. The van der Waals surface area contributed by atoms with E-state index in [-0.39, 0.29) is 17.9 Å². The molecule has 20 heavy (non-hydrogen) atoms. The number of rotatable bonds is 3. The highest BCUT2D eigenvalue weighted by Gasteiger charge is 2.55. The summed E-state index contributed by atoms with van der Waals surface area (Å²) in [5.74, 6) is 2.42. The van der Waals surface area contributed by atoms with Gasteiger partial charge in [-0.2, -0.15) is 0 Å². The zero-order chi connectivity index (χ0) is 13.7. The molecule has 0 unspecified atom stereocenters. The van der Waals surface area contributed by atoms with E-state index in [4.69, 9.17) is 10.5 Å². The summed E-state index contributed by atoms with van der Waals surface area (Å²) in [5.41, 5.74) is 8.37. The predicted molar refractivity (Wildman–Crippen MR) is 75.2 cm³/mol. The minimum Gasteiger partial charge on any atom is -0.493 e. The average Bonchev–Trinajstić information content (AvgIpc) is 2.97. The Morgan fingerprint density at radius 2 is 2.25 bits per heavy atom. The van der Waals surface area contributed by atoms with E-state index < -0.39 is 0 Å². The van der Waals surface area contributed by atoms with Crippen molar-refractivity contribution in [3.05, 3.63) is 29.3 Å². The van der Waals surface area contributed by atoms with Crippen molar-refractivity contribution in [3.8, 4) is 5.75 Å². The Balaban J connectivity index is 1.41.